The Balaban J connectivity index is 2.02. The fourth-order valence-electron chi connectivity index (χ4n) is 2.31. The van der Waals surface area contributed by atoms with E-state index in [2.05, 4.69) is 22.2 Å². The number of nitrogen functional groups attached to an aromatic ring is 1. The Morgan fingerprint density at radius 3 is 3.00 bits per heavy atom. The Hall–Kier alpha value is -1.03. The minimum Gasteiger partial charge on any atom is -0.368 e. The fourth-order valence-corrected chi connectivity index (χ4v) is 2.45. The third kappa shape index (κ3) is 3.46. The maximum absolute atomic E-state index is 6.04. The van der Waals surface area contributed by atoms with Crippen molar-refractivity contribution in [3.8, 4) is 0 Å². The van der Waals surface area contributed by atoms with Crippen molar-refractivity contribution in [2.24, 2.45) is 5.92 Å². The van der Waals surface area contributed by atoms with Gasteiger partial charge in [0.1, 0.15) is 5.02 Å². The lowest BCUT2D eigenvalue weighted by Crippen LogP contribution is -2.20. The number of anilines is 2. The van der Waals surface area contributed by atoms with Gasteiger partial charge in [0.2, 0.25) is 5.95 Å². The van der Waals surface area contributed by atoms with E-state index in [4.69, 9.17) is 17.3 Å². The Morgan fingerprint density at radius 1 is 1.35 bits per heavy atom. The van der Waals surface area contributed by atoms with Gasteiger partial charge in [-0.05, 0) is 25.2 Å². The first kappa shape index (κ1) is 12.4. The van der Waals surface area contributed by atoms with Crippen molar-refractivity contribution in [2.75, 3.05) is 11.1 Å². The highest BCUT2D eigenvalue weighted by Gasteiger charge is 2.17. The predicted molar refractivity (Wildman–Crippen MR) is 71.1 cm³/mol. The number of nitrogens with one attached hydrogen (secondary N) is 1. The molecule has 0 saturated heterocycles. The van der Waals surface area contributed by atoms with E-state index >= 15 is 0 Å². The highest BCUT2D eigenvalue weighted by atomic mass is 35.5. The molecule has 1 aliphatic carbocycles. The molecule has 0 radical (unpaired) electrons. The van der Waals surface area contributed by atoms with E-state index in [-0.39, 0.29) is 5.95 Å². The van der Waals surface area contributed by atoms with Crippen molar-refractivity contribution in [3.63, 3.8) is 0 Å². The van der Waals surface area contributed by atoms with Crippen LogP contribution in [0.5, 0.6) is 0 Å². The zero-order valence-electron chi connectivity index (χ0n) is 10.1. The lowest BCUT2D eigenvalue weighted by molar-refractivity contribution is 0.502. The second-order valence-corrected chi connectivity index (χ2v) is 5.29. The van der Waals surface area contributed by atoms with Gasteiger partial charge in [0.15, 0.2) is 5.82 Å². The molecule has 1 fully saturated rings. The number of hydrogen-bond donors (Lipinski definition) is 2. The SMILES string of the molecule is CC1CCCC(Nc2nc(N)ncc2Cl)CC1. The predicted octanol–water partition coefficient (Wildman–Crippen LogP) is 3.09. The Morgan fingerprint density at radius 2 is 2.18 bits per heavy atom. The van der Waals surface area contributed by atoms with Crippen molar-refractivity contribution in [2.45, 2.75) is 45.1 Å². The number of nitrogens with zero attached hydrogens (tertiary/aromatic N) is 2. The number of nitrogens with two attached hydrogens (primary N) is 1. The number of aromatic nitrogens is 2. The van der Waals surface area contributed by atoms with Crippen LogP contribution in [0.25, 0.3) is 0 Å². The van der Waals surface area contributed by atoms with Crippen LogP contribution < -0.4 is 11.1 Å². The summed E-state index contributed by atoms with van der Waals surface area (Å²) in [6.07, 6.45) is 7.72. The van der Waals surface area contributed by atoms with Crippen molar-refractivity contribution in [1.82, 2.24) is 9.97 Å². The van der Waals surface area contributed by atoms with Crippen molar-refractivity contribution in [3.05, 3.63) is 11.2 Å². The molecule has 0 aliphatic heterocycles. The summed E-state index contributed by atoms with van der Waals surface area (Å²) in [7, 11) is 0. The summed E-state index contributed by atoms with van der Waals surface area (Å²) in [5.74, 6) is 1.75. The van der Waals surface area contributed by atoms with Gasteiger partial charge in [-0.1, -0.05) is 31.4 Å². The summed E-state index contributed by atoms with van der Waals surface area (Å²) in [4.78, 5) is 8.00. The Kier molecular flexibility index (Phi) is 4.05. The maximum atomic E-state index is 6.04. The van der Waals surface area contributed by atoms with Gasteiger partial charge < -0.3 is 11.1 Å². The van der Waals surface area contributed by atoms with Crippen LogP contribution in [0.3, 0.4) is 0 Å². The molecule has 2 atom stereocenters. The standard InChI is InChI=1S/C12H19ClN4/c1-8-3-2-4-9(6-5-8)16-11-10(13)7-15-12(14)17-11/h7-9H,2-6H2,1H3,(H3,14,15,16,17). The molecule has 0 aromatic carbocycles. The fraction of sp³-hybridized carbons (Fsp3) is 0.667. The third-order valence-corrected chi connectivity index (χ3v) is 3.64. The molecule has 0 amide bonds. The van der Waals surface area contributed by atoms with E-state index in [1.807, 2.05) is 0 Å². The van der Waals surface area contributed by atoms with Crippen LogP contribution in [0.1, 0.15) is 39.0 Å². The summed E-state index contributed by atoms with van der Waals surface area (Å²) in [6, 6.07) is 0.451. The van der Waals surface area contributed by atoms with Crippen molar-refractivity contribution < 1.29 is 0 Å². The summed E-state index contributed by atoms with van der Waals surface area (Å²) >= 11 is 6.04. The van der Waals surface area contributed by atoms with E-state index in [9.17, 15) is 0 Å². The van der Waals surface area contributed by atoms with Crippen LogP contribution in [0, 0.1) is 5.92 Å². The first-order valence-electron chi connectivity index (χ1n) is 6.19. The molecule has 94 valence electrons. The lowest BCUT2D eigenvalue weighted by Gasteiger charge is -2.17. The molecule has 17 heavy (non-hydrogen) atoms. The highest BCUT2D eigenvalue weighted by molar-refractivity contribution is 6.32. The van der Waals surface area contributed by atoms with Gasteiger partial charge in [-0.2, -0.15) is 4.98 Å². The average Bonchev–Trinajstić information content (AvgIpc) is 2.49. The second-order valence-electron chi connectivity index (χ2n) is 4.88. The molecule has 1 aromatic heterocycles. The quantitative estimate of drug-likeness (QED) is 0.796. The summed E-state index contributed by atoms with van der Waals surface area (Å²) in [5, 5.41) is 3.93. The number of hydrogen-bond acceptors (Lipinski definition) is 4. The van der Waals surface area contributed by atoms with Crippen LogP contribution >= 0.6 is 11.6 Å². The van der Waals surface area contributed by atoms with Gasteiger partial charge in [0.05, 0.1) is 6.20 Å². The van der Waals surface area contributed by atoms with Crippen LogP contribution in [0.4, 0.5) is 11.8 Å². The zero-order chi connectivity index (χ0) is 12.3. The van der Waals surface area contributed by atoms with E-state index in [0.29, 0.717) is 16.9 Å². The molecule has 4 nitrogen and oxygen atoms in total. The third-order valence-electron chi connectivity index (χ3n) is 3.36. The number of rotatable bonds is 2. The first-order valence-corrected chi connectivity index (χ1v) is 6.57. The minimum atomic E-state index is 0.263. The summed E-state index contributed by atoms with van der Waals surface area (Å²) < 4.78 is 0. The van der Waals surface area contributed by atoms with Gasteiger partial charge >= 0.3 is 0 Å². The molecule has 0 bridgehead atoms. The van der Waals surface area contributed by atoms with Gasteiger partial charge in [0.25, 0.3) is 0 Å². The molecule has 1 aromatic rings. The van der Waals surface area contributed by atoms with Crippen molar-refractivity contribution >= 4 is 23.4 Å². The molecule has 1 saturated carbocycles. The molecule has 2 rings (SSSR count). The monoisotopic (exact) mass is 254 g/mol. The molecule has 1 heterocycles. The molecule has 2 unspecified atom stereocenters. The molecular weight excluding hydrogens is 236 g/mol. The maximum Gasteiger partial charge on any atom is 0.222 e. The minimum absolute atomic E-state index is 0.263. The Bertz CT molecular complexity index is 383. The van der Waals surface area contributed by atoms with Crippen LogP contribution in [-0.2, 0) is 0 Å². The van der Waals surface area contributed by atoms with E-state index in [0.717, 1.165) is 5.92 Å². The molecule has 1 aliphatic rings. The molecule has 5 heteroatoms. The van der Waals surface area contributed by atoms with E-state index < -0.39 is 0 Å². The largest absolute Gasteiger partial charge is 0.368 e. The first-order chi connectivity index (χ1) is 8.15. The topological polar surface area (TPSA) is 63.8 Å². The van der Waals surface area contributed by atoms with Crippen LogP contribution in [0.15, 0.2) is 6.20 Å². The molecular formula is C12H19ClN4. The number of halogens is 1. The van der Waals surface area contributed by atoms with Crippen molar-refractivity contribution in [1.29, 1.82) is 0 Å². The zero-order valence-corrected chi connectivity index (χ0v) is 10.9. The molecule has 0 spiro atoms. The van der Waals surface area contributed by atoms with Gasteiger partial charge in [-0.15, -0.1) is 0 Å². The Labute approximate surface area is 107 Å². The van der Waals surface area contributed by atoms with Crippen LogP contribution in [-0.4, -0.2) is 16.0 Å². The summed E-state index contributed by atoms with van der Waals surface area (Å²) in [6.45, 7) is 2.32. The van der Waals surface area contributed by atoms with Gasteiger partial charge in [0, 0.05) is 6.04 Å². The van der Waals surface area contributed by atoms with E-state index in [1.165, 1.54) is 32.1 Å². The average molecular weight is 255 g/mol. The normalized spacial score (nSPS) is 25.3. The van der Waals surface area contributed by atoms with E-state index in [1.54, 1.807) is 6.20 Å². The summed E-state index contributed by atoms with van der Waals surface area (Å²) in [5.41, 5.74) is 5.56. The van der Waals surface area contributed by atoms with Gasteiger partial charge in [-0.3, -0.25) is 0 Å². The molecule has 3 N–H and O–H groups in total. The smallest absolute Gasteiger partial charge is 0.222 e. The lowest BCUT2D eigenvalue weighted by atomic mass is 10.0. The highest BCUT2D eigenvalue weighted by Crippen LogP contribution is 2.26. The van der Waals surface area contributed by atoms with Crippen LogP contribution in [0.2, 0.25) is 5.02 Å². The van der Waals surface area contributed by atoms with Gasteiger partial charge in [-0.25, -0.2) is 4.98 Å². The second kappa shape index (κ2) is 5.54.